The molecule has 1 unspecified atom stereocenters. The van der Waals surface area contributed by atoms with Crippen LogP contribution >= 0.6 is 12.2 Å². The maximum atomic E-state index is 12.2. The molecule has 1 amide bonds. The summed E-state index contributed by atoms with van der Waals surface area (Å²) in [6.07, 6.45) is 2.16. The van der Waals surface area contributed by atoms with Gasteiger partial charge in [-0.05, 0) is 38.7 Å². The zero-order valence-corrected chi connectivity index (χ0v) is 11.5. The monoisotopic (exact) mass is 266 g/mol. The van der Waals surface area contributed by atoms with Crippen LogP contribution in [0.5, 0.6) is 0 Å². The molecule has 2 rings (SSSR count). The average Bonchev–Trinajstić information content (AvgIpc) is 3.07. The van der Waals surface area contributed by atoms with E-state index in [1.54, 1.807) is 10.7 Å². The summed E-state index contributed by atoms with van der Waals surface area (Å²) >= 11 is 5.01. The molecule has 1 atom stereocenters. The molecule has 1 aliphatic carbocycles. The molecule has 6 heteroatoms. The number of carbonyl (C=O) groups excluding carboxylic acids is 1. The Balaban J connectivity index is 2.12. The topological polar surface area (TPSA) is 72.9 Å². The van der Waals surface area contributed by atoms with Gasteiger partial charge >= 0.3 is 0 Å². The largest absolute Gasteiger partial charge is 0.392 e. The zero-order chi connectivity index (χ0) is 13.3. The van der Waals surface area contributed by atoms with Gasteiger partial charge in [-0.1, -0.05) is 12.2 Å². The van der Waals surface area contributed by atoms with Crippen molar-refractivity contribution in [1.82, 2.24) is 15.1 Å². The van der Waals surface area contributed by atoms with Crippen LogP contribution < -0.4 is 11.1 Å². The summed E-state index contributed by atoms with van der Waals surface area (Å²) in [5.41, 5.74) is 7.07. The fourth-order valence-corrected chi connectivity index (χ4v) is 2.29. The second kappa shape index (κ2) is 5.06. The van der Waals surface area contributed by atoms with Crippen molar-refractivity contribution in [2.45, 2.75) is 39.3 Å². The summed E-state index contributed by atoms with van der Waals surface area (Å²) in [5.74, 6) is 0.257. The first-order chi connectivity index (χ1) is 8.52. The van der Waals surface area contributed by atoms with Gasteiger partial charge in [0.2, 0.25) is 0 Å². The number of carbonyl (C=O) groups is 1. The standard InChI is InChI=1S/C12H18N4OS/c1-3-16-9(6-7(2)15-16)12(17)14-10(11(13)18)8-4-5-8/h6,8,10H,3-5H2,1-2H3,(H2,13,18)(H,14,17). The number of hydrogen-bond donors (Lipinski definition) is 2. The van der Waals surface area contributed by atoms with Crippen LogP contribution in [0.25, 0.3) is 0 Å². The highest BCUT2D eigenvalue weighted by atomic mass is 32.1. The smallest absolute Gasteiger partial charge is 0.270 e. The fraction of sp³-hybridized carbons (Fsp3) is 0.583. The number of rotatable bonds is 5. The van der Waals surface area contributed by atoms with Crippen LogP contribution in [0, 0.1) is 12.8 Å². The van der Waals surface area contributed by atoms with Crippen LogP contribution in [0.1, 0.15) is 35.9 Å². The lowest BCUT2D eigenvalue weighted by Crippen LogP contribution is -2.45. The molecular weight excluding hydrogens is 248 g/mol. The molecule has 98 valence electrons. The number of aromatic nitrogens is 2. The Kier molecular flexibility index (Phi) is 3.65. The highest BCUT2D eigenvalue weighted by Gasteiger charge is 2.34. The quantitative estimate of drug-likeness (QED) is 0.780. The number of nitrogens with one attached hydrogen (secondary N) is 1. The summed E-state index contributed by atoms with van der Waals surface area (Å²) in [6, 6.07) is 1.59. The third-order valence-electron chi connectivity index (χ3n) is 3.12. The average molecular weight is 266 g/mol. The number of hydrogen-bond acceptors (Lipinski definition) is 3. The van der Waals surface area contributed by atoms with Gasteiger partial charge in [-0.15, -0.1) is 0 Å². The van der Waals surface area contributed by atoms with E-state index in [0.717, 1.165) is 18.5 Å². The fourth-order valence-electron chi connectivity index (χ4n) is 2.04. The van der Waals surface area contributed by atoms with Gasteiger partial charge in [-0.25, -0.2) is 0 Å². The van der Waals surface area contributed by atoms with Crippen molar-refractivity contribution in [3.05, 3.63) is 17.5 Å². The number of aryl methyl sites for hydroxylation is 2. The Hall–Kier alpha value is -1.43. The molecule has 0 aliphatic heterocycles. The molecule has 1 fully saturated rings. The predicted molar refractivity (Wildman–Crippen MR) is 73.4 cm³/mol. The SMILES string of the molecule is CCn1nc(C)cc1C(=O)NC(C(N)=S)C1CC1. The van der Waals surface area contributed by atoms with E-state index in [9.17, 15) is 4.79 Å². The molecule has 0 spiro atoms. The molecule has 0 bridgehead atoms. The third kappa shape index (κ3) is 2.69. The maximum absolute atomic E-state index is 12.2. The molecule has 1 heterocycles. The van der Waals surface area contributed by atoms with Gasteiger partial charge in [0, 0.05) is 6.54 Å². The molecule has 3 N–H and O–H groups in total. The minimum absolute atomic E-state index is 0.151. The molecule has 0 aromatic carbocycles. The molecular formula is C12H18N4OS. The Bertz CT molecular complexity index is 478. The van der Waals surface area contributed by atoms with Crippen molar-refractivity contribution < 1.29 is 4.79 Å². The van der Waals surface area contributed by atoms with E-state index in [1.807, 2.05) is 13.8 Å². The molecule has 1 aromatic heterocycles. The Morgan fingerprint density at radius 1 is 1.72 bits per heavy atom. The van der Waals surface area contributed by atoms with Gasteiger partial charge < -0.3 is 11.1 Å². The van der Waals surface area contributed by atoms with Crippen molar-refractivity contribution in [2.75, 3.05) is 0 Å². The molecule has 0 radical (unpaired) electrons. The van der Waals surface area contributed by atoms with Crippen LogP contribution in [-0.4, -0.2) is 26.7 Å². The van der Waals surface area contributed by atoms with E-state index in [0.29, 0.717) is 23.1 Å². The van der Waals surface area contributed by atoms with Crippen LogP contribution in [0.2, 0.25) is 0 Å². The first-order valence-electron chi connectivity index (χ1n) is 6.17. The normalized spacial score (nSPS) is 16.3. The first kappa shape index (κ1) is 13.0. The highest BCUT2D eigenvalue weighted by Crippen LogP contribution is 2.32. The Morgan fingerprint density at radius 3 is 2.89 bits per heavy atom. The van der Waals surface area contributed by atoms with Crippen LogP contribution in [-0.2, 0) is 6.54 Å². The summed E-state index contributed by atoms with van der Waals surface area (Å²) in [7, 11) is 0. The van der Waals surface area contributed by atoms with Crippen molar-refractivity contribution in [2.24, 2.45) is 11.7 Å². The van der Waals surface area contributed by atoms with E-state index < -0.39 is 0 Å². The molecule has 0 saturated heterocycles. The second-order valence-corrected chi connectivity index (χ2v) is 5.15. The second-order valence-electron chi connectivity index (χ2n) is 4.68. The Morgan fingerprint density at radius 2 is 2.39 bits per heavy atom. The van der Waals surface area contributed by atoms with Crippen molar-refractivity contribution in [1.29, 1.82) is 0 Å². The lowest BCUT2D eigenvalue weighted by Gasteiger charge is -2.16. The van der Waals surface area contributed by atoms with E-state index >= 15 is 0 Å². The maximum Gasteiger partial charge on any atom is 0.270 e. The molecule has 1 aromatic rings. The third-order valence-corrected chi connectivity index (χ3v) is 3.37. The van der Waals surface area contributed by atoms with Gasteiger partial charge in [0.1, 0.15) is 5.69 Å². The molecule has 18 heavy (non-hydrogen) atoms. The van der Waals surface area contributed by atoms with E-state index in [4.69, 9.17) is 18.0 Å². The number of amides is 1. The van der Waals surface area contributed by atoms with Crippen molar-refractivity contribution in [3.8, 4) is 0 Å². The minimum Gasteiger partial charge on any atom is -0.392 e. The van der Waals surface area contributed by atoms with Gasteiger partial charge in [0.05, 0.1) is 16.7 Å². The van der Waals surface area contributed by atoms with E-state index in [1.165, 1.54) is 0 Å². The van der Waals surface area contributed by atoms with Crippen LogP contribution in [0.4, 0.5) is 0 Å². The zero-order valence-electron chi connectivity index (χ0n) is 10.6. The Labute approximate surface area is 112 Å². The van der Waals surface area contributed by atoms with E-state index in [-0.39, 0.29) is 11.9 Å². The van der Waals surface area contributed by atoms with Gasteiger partial charge in [-0.2, -0.15) is 5.10 Å². The molecule has 5 nitrogen and oxygen atoms in total. The number of nitrogens with two attached hydrogens (primary N) is 1. The highest BCUT2D eigenvalue weighted by molar-refractivity contribution is 7.80. The minimum atomic E-state index is -0.187. The summed E-state index contributed by atoms with van der Waals surface area (Å²) in [5, 5.41) is 7.17. The lowest BCUT2D eigenvalue weighted by atomic mass is 10.2. The summed E-state index contributed by atoms with van der Waals surface area (Å²) < 4.78 is 1.69. The van der Waals surface area contributed by atoms with E-state index in [2.05, 4.69) is 10.4 Å². The summed E-state index contributed by atoms with van der Waals surface area (Å²) in [4.78, 5) is 12.6. The summed E-state index contributed by atoms with van der Waals surface area (Å²) in [6.45, 7) is 4.49. The van der Waals surface area contributed by atoms with Crippen molar-refractivity contribution in [3.63, 3.8) is 0 Å². The number of nitrogens with zero attached hydrogens (tertiary/aromatic N) is 2. The van der Waals surface area contributed by atoms with Gasteiger partial charge in [0.25, 0.3) is 5.91 Å². The van der Waals surface area contributed by atoms with Crippen molar-refractivity contribution >= 4 is 23.1 Å². The number of thiocarbonyl (C=S) groups is 1. The van der Waals surface area contributed by atoms with Gasteiger partial charge in [0.15, 0.2) is 0 Å². The van der Waals surface area contributed by atoms with Crippen LogP contribution in [0.15, 0.2) is 6.07 Å². The molecule has 1 saturated carbocycles. The lowest BCUT2D eigenvalue weighted by molar-refractivity contribution is 0.0933. The first-order valence-corrected chi connectivity index (χ1v) is 6.58. The van der Waals surface area contributed by atoms with Crippen LogP contribution in [0.3, 0.4) is 0 Å². The molecule has 1 aliphatic rings. The van der Waals surface area contributed by atoms with Gasteiger partial charge in [-0.3, -0.25) is 9.48 Å². The predicted octanol–water partition coefficient (Wildman–Crippen LogP) is 1.01.